The number of rotatable bonds is 9. The van der Waals surface area contributed by atoms with Gasteiger partial charge in [-0.2, -0.15) is 0 Å². The molecule has 0 radical (unpaired) electrons. The Bertz CT molecular complexity index is 1060. The van der Waals surface area contributed by atoms with E-state index < -0.39 is 11.9 Å². The number of anilines is 1. The van der Waals surface area contributed by atoms with Crippen molar-refractivity contribution in [3.05, 3.63) is 51.1 Å². The number of aromatic hydroxyl groups is 1. The highest BCUT2D eigenvalue weighted by Gasteiger charge is 2.21. The second-order valence-electron chi connectivity index (χ2n) is 7.53. The van der Waals surface area contributed by atoms with E-state index in [4.69, 9.17) is 28.2 Å². The summed E-state index contributed by atoms with van der Waals surface area (Å²) in [6, 6.07) is 5.06. The van der Waals surface area contributed by atoms with E-state index in [-0.39, 0.29) is 19.0 Å². The Morgan fingerprint density at radius 1 is 1.16 bits per heavy atom. The van der Waals surface area contributed by atoms with Gasteiger partial charge < -0.3 is 15.5 Å². The minimum atomic E-state index is -0.941. The van der Waals surface area contributed by atoms with Gasteiger partial charge in [-0.05, 0) is 36.5 Å². The summed E-state index contributed by atoms with van der Waals surface area (Å²) in [5, 5.41) is 23.5. The number of nitrogens with one attached hydrogen (secondary N) is 1. The van der Waals surface area contributed by atoms with E-state index in [0.29, 0.717) is 26.7 Å². The molecule has 3 N–H and O–H groups in total. The Hall–Kier alpha value is -2.42. The fourth-order valence-corrected chi connectivity index (χ4v) is 4.50. The molecule has 0 fully saturated rings. The minimum Gasteiger partial charge on any atom is -0.481 e. The zero-order valence-corrected chi connectivity index (χ0v) is 19.3. The third kappa shape index (κ3) is 6.29. The summed E-state index contributed by atoms with van der Waals surface area (Å²) in [5.41, 5.74) is 2.31. The van der Waals surface area contributed by atoms with Crippen molar-refractivity contribution < 1.29 is 15.0 Å². The molecule has 0 aliphatic carbocycles. The molecule has 7 nitrogen and oxygen atoms in total. The number of benzene rings is 1. The highest BCUT2D eigenvalue weighted by molar-refractivity contribution is 7.16. The molecule has 3 rings (SSSR count). The number of aliphatic carboxylic acids is 1. The van der Waals surface area contributed by atoms with Crippen LogP contribution in [-0.4, -0.2) is 37.7 Å². The van der Waals surface area contributed by atoms with Gasteiger partial charge in [-0.1, -0.05) is 43.1 Å². The maximum atomic E-state index is 11.7. The zero-order chi connectivity index (χ0) is 22.5. The maximum Gasteiger partial charge on any atom is 0.313 e. The van der Waals surface area contributed by atoms with Crippen LogP contribution in [0.3, 0.4) is 0 Å². The Kier molecular flexibility index (Phi) is 7.69. The molecule has 0 spiro atoms. The summed E-state index contributed by atoms with van der Waals surface area (Å²) >= 11 is 13.7. The predicted octanol–water partition coefficient (Wildman–Crippen LogP) is 5.17. The van der Waals surface area contributed by atoms with E-state index >= 15 is 0 Å². The predicted molar refractivity (Wildman–Crippen MR) is 123 cm³/mol. The Morgan fingerprint density at radius 2 is 1.87 bits per heavy atom. The van der Waals surface area contributed by atoms with Gasteiger partial charge in [0.2, 0.25) is 0 Å². The van der Waals surface area contributed by atoms with E-state index in [1.165, 1.54) is 23.7 Å². The molecule has 0 saturated carbocycles. The molecule has 2 heterocycles. The van der Waals surface area contributed by atoms with Crippen molar-refractivity contribution in [2.45, 2.75) is 26.7 Å². The van der Waals surface area contributed by atoms with Crippen LogP contribution in [0.1, 0.15) is 24.3 Å². The van der Waals surface area contributed by atoms with Crippen LogP contribution in [0.25, 0.3) is 11.3 Å². The molecule has 0 aliphatic heterocycles. The van der Waals surface area contributed by atoms with Crippen molar-refractivity contribution in [1.82, 2.24) is 15.0 Å². The number of halogens is 2. The molecule has 0 saturated heterocycles. The summed E-state index contributed by atoms with van der Waals surface area (Å²) in [5.74, 6) is -1.22. The molecule has 3 aromatic rings. The lowest BCUT2D eigenvalue weighted by atomic mass is 10.0. The number of aromatic nitrogens is 3. The number of thiazole rings is 1. The summed E-state index contributed by atoms with van der Waals surface area (Å²) in [7, 11) is 0. The van der Waals surface area contributed by atoms with Crippen LogP contribution in [0.2, 0.25) is 10.0 Å². The lowest BCUT2D eigenvalue weighted by Crippen LogP contribution is -2.25. The molecule has 164 valence electrons. The van der Waals surface area contributed by atoms with Gasteiger partial charge in [0.25, 0.3) is 0 Å². The largest absolute Gasteiger partial charge is 0.481 e. The highest BCUT2D eigenvalue weighted by Crippen LogP contribution is 2.35. The average molecular weight is 481 g/mol. The minimum absolute atomic E-state index is 0.186. The lowest BCUT2D eigenvalue weighted by molar-refractivity contribution is -0.141. The quantitative estimate of drug-likeness (QED) is 0.387. The van der Waals surface area contributed by atoms with Crippen molar-refractivity contribution in [3.8, 4) is 17.3 Å². The van der Waals surface area contributed by atoms with Crippen molar-refractivity contribution in [2.24, 2.45) is 11.8 Å². The van der Waals surface area contributed by atoms with Gasteiger partial charge in [-0.25, -0.2) is 15.0 Å². The normalized spacial score (nSPS) is 12.2. The summed E-state index contributed by atoms with van der Waals surface area (Å²) in [4.78, 5) is 24.9. The zero-order valence-electron chi connectivity index (χ0n) is 17.0. The first-order chi connectivity index (χ1) is 14.7. The molecular formula is C21H22Cl2N4O3S. The maximum absolute atomic E-state index is 11.7. The number of carboxylic acid groups (broad SMARTS) is 1. The first-order valence-corrected chi connectivity index (χ1v) is 11.2. The van der Waals surface area contributed by atoms with Gasteiger partial charge in [0, 0.05) is 29.4 Å². The second kappa shape index (κ2) is 10.3. The molecule has 31 heavy (non-hydrogen) atoms. The summed E-state index contributed by atoms with van der Waals surface area (Å²) < 4.78 is 0. The fourth-order valence-electron chi connectivity index (χ4n) is 3.00. The fraction of sp³-hybridized carbons (Fsp3) is 0.333. The number of hydrogen-bond donors (Lipinski definition) is 3. The van der Waals surface area contributed by atoms with Gasteiger partial charge in [0.15, 0.2) is 5.13 Å². The van der Waals surface area contributed by atoms with Crippen LogP contribution in [0, 0.1) is 11.8 Å². The van der Waals surface area contributed by atoms with E-state index in [2.05, 4.69) is 29.1 Å². The molecule has 1 unspecified atom stereocenters. The van der Waals surface area contributed by atoms with Crippen molar-refractivity contribution in [2.75, 3.05) is 11.9 Å². The number of carbonyl (C=O) groups is 1. The van der Waals surface area contributed by atoms with Crippen LogP contribution in [0.5, 0.6) is 6.01 Å². The molecule has 1 atom stereocenters. The summed E-state index contributed by atoms with van der Waals surface area (Å²) in [6.45, 7) is 4.45. The molecular weight excluding hydrogens is 459 g/mol. The Labute approximate surface area is 194 Å². The summed E-state index contributed by atoms with van der Waals surface area (Å²) in [6.07, 6.45) is 3.91. The van der Waals surface area contributed by atoms with E-state index in [9.17, 15) is 15.0 Å². The Balaban J connectivity index is 1.79. The van der Waals surface area contributed by atoms with Crippen LogP contribution in [-0.2, 0) is 17.6 Å². The van der Waals surface area contributed by atoms with Crippen LogP contribution >= 0.6 is 34.5 Å². The van der Waals surface area contributed by atoms with Crippen LogP contribution in [0.4, 0.5) is 5.13 Å². The van der Waals surface area contributed by atoms with Crippen LogP contribution < -0.4 is 5.32 Å². The third-order valence-corrected chi connectivity index (χ3v) is 6.28. The average Bonchev–Trinajstić information content (AvgIpc) is 3.10. The topological polar surface area (TPSA) is 108 Å². The molecule has 2 aromatic heterocycles. The second-order valence-corrected chi connectivity index (χ2v) is 9.43. The van der Waals surface area contributed by atoms with Gasteiger partial charge in [0.05, 0.1) is 21.7 Å². The van der Waals surface area contributed by atoms with Crippen molar-refractivity contribution in [1.29, 1.82) is 0 Å². The number of carboxylic acids is 1. The third-order valence-electron chi connectivity index (χ3n) is 4.51. The highest BCUT2D eigenvalue weighted by atomic mass is 35.5. The molecule has 0 amide bonds. The monoisotopic (exact) mass is 480 g/mol. The van der Waals surface area contributed by atoms with E-state index in [0.717, 1.165) is 22.6 Å². The van der Waals surface area contributed by atoms with Crippen LogP contribution in [0.15, 0.2) is 30.6 Å². The SMILES string of the molecule is CC(C)Cc1sc(NCC(Cc2cnc(O)nc2)C(=O)O)nc1-c1ccc(Cl)c(Cl)c1. The van der Waals surface area contributed by atoms with Gasteiger partial charge in [-0.3, -0.25) is 4.79 Å². The van der Waals surface area contributed by atoms with Gasteiger partial charge in [0.1, 0.15) is 0 Å². The standard InChI is InChI=1S/C21H22Cl2N4O3S/c1-11(2)5-17-18(13-3-4-15(22)16(23)7-13)27-21(31-17)26-10-14(19(28)29)6-12-8-24-20(30)25-9-12/h3-4,7-9,11,14H,5-6,10H2,1-2H3,(H,26,27)(H,28,29)(H,24,25,30). The lowest BCUT2D eigenvalue weighted by Gasteiger charge is -2.12. The molecule has 1 aromatic carbocycles. The van der Waals surface area contributed by atoms with Crippen molar-refractivity contribution >= 4 is 45.6 Å². The Morgan fingerprint density at radius 3 is 2.48 bits per heavy atom. The molecule has 10 heteroatoms. The molecule has 0 bridgehead atoms. The number of nitrogens with zero attached hydrogens (tertiary/aromatic N) is 3. The van der Waals surface area contributed by atoms with Gasteiger partial charge in [-0.15, -0.1) is 11.3 Å². The van der Waals surface area contributed by atoms with Crippen molar-refractivity contribution in [3.63, 3.8) is 0 Å². The molecule has 0 aliphatic rings. The van der Waals surface area contributed by atoms with Gasteiger partial charge >= 0.3 is 12.0 Å². The first kappa shape index (κ1) is 23.2. The smallest absolute Gasteiger partial charge is 0.313 e. The van der Waals surface area contributed by atoms with E-state index in [1.54, 1.807) is 12.1 Å². The van der Waals surface area contributed by atoms with E-state index in [1.807, 2.05) is 6.07 Å². The number of hydrogen-bond acceptors (Lipinski definition) is 7. The first-order valence-electron chi connectivity index (χ1n) is 9.64.